The zero-order chi connectivity index (χ0) is 13.5. The van der Waals surface area contributed by atoms with Crippen LogP contribution in [0.3, 0.4) is 0 Å². The molecule has 0 saturated carbocycles. The molecule has 0 bridgehead atoms. The molecular formula is C13H17NO4. The molecule has 0 saturated heterocycles. The monoisotopic (exact) mass is 251 g/mol. The maximum atomic E-state index is 12.1. The minimum Gasteiger partial charge on any atom is -0.497 e. The highest BCUT2D eigenvalue weighted by atomic mass is 16.5. The van der Waals surface area contributed by atoms with E-state index in [0.717, 1.165) is 0 Å². The van der Waals surface area contributed by atoms with Crippen LogP contribution in [0.1, 0.15) is 23.7 Å². The van der Waals surface area contributed by atoms with Gasteiger partial charge in [-0.25, -0.2) is 0 Å². The van der Waals surface area contributed by atoms with Crippen LogP contribution in [0.2, 0.25) is 0 Å². The van der Waals surface area contributed by atoms with Gasteiger partial charge in [0.1, 0.15) is 5.75 Å². The van der Waals surface area contributed by atoms with Crippen molar-refractivity contribution >= 4 is 11.9 Å². The minimum atomic E-state index is -0.906. The number of carbonyl (C=O) groups excluding carboxylic acids is 1. The first-order valence-electron chi connectivity index (χ1n) is 5.73. The van der Waals surface area contributed by atoms with E-state index < -0.39 is 5.97 Å². The van der Waals surface area contributed by atoms with E-state index in [1.165, 1.54) is 4.90 Å². The van der Waals surface area contributed by atoms with Crippen LogP contribution in [0.15, 0.2) is 24.3 Å². The Balaban J connectivity index is 2.72. The number of hydrogen-bond donors (Lipinski definition) is 1. The van der Waals surface area contributed by atoms with E-state index in [9.17, 15) is 9.59 Å². The lowest BCUT2D eigenvalue weighted by Crippen LogP contribution is -2.32. The molecule has 0 atom stereocenters. The Morgan fingerprint density at radius 3 is 2.33 bits per heavy atom. The number of aliphatic carboxylic acids is 1. The molecule has 0 aliphatic rings. The fourth-order valence-electron chi connectivity index (χ4n) is 1.55. The lowest BCUT2D eigenvalue weighted by molar-refractivity contribution is -0.137. The molecule has 18 heavy (non-hydrogen) atoms. The van der Waals surface area contributed by atoms with Crippen molar-refractivity contribution in [2.45, 2.75) is 13.3 Å². The predicted molar refractivity (Wildman–Crippen MR) is 66.8 cm³/mol. The fourth-order valence-corrected chi connectivity index (χ4v) is 1.55. The van der Waals surface area contributed by atoms with Crippen molar-refractivity contribution < 1.29 is 19.4 Å². The molecule has 0 spiro atoms. The van der Waals surface area contributed by atoms with Crippen molar-refractivity contribution in [1.29, 1.82) is 0 Å². The summed E-state index contributed by atoms with van der Waals surface area (Å²) in [5.41, 5.74) is 0.531. The lowest BCUT2D eigenvalue weighted by Gasteiger charge is -2.20. The third-order valence-corrected chi connectivity index (χ3v) is 2.60. The average Bonchev–Trinajstić information content (AvgIpc) is 2.39. The molecule has 0 unspecified atom stereocenters. The van der Waals surface area contributed by atoms with Gasteiger partial charge in [0.25, 0.3) is 5.91 Å². The molecule has 0 aromatic heterocycles. The summed E-state index contributed by atoms with van der Waals surface area (Å²) in [6.07, 6.45) is -0.0459. The zero-order valence-electron chi connectivity index (χ0n) is 10.5. The molecule has 1 amide bonds. The molecule has 1 aromatic carbocycles. The Bertz CT molecular complexity index is 414. The predicted octanol–water partition coefficient (Wildman–Crippen LogP) is 1.63. The summed E-state index contributed by atoms with van der Waals surface area (Å²) in [6, 6.07) is 6.76. The molecule has 98 valence electrons. The Morgan fingerprint density at radius 2 is 1.89 bits per heavy atom. The van der Waals surface area contributed by atoms with Gasteiger partial charge in [-0.15, -0.1) is 0 Å². The normalized spacial score (nSPS) is 9.89. The summed E-state index contributed by atoms with van der Waals surface area (Å²) in [5.74, 6) is -0.391. The van der Waals surface area contributed by atoms with E-state index in [0.29, 0.717) is 17.9 Å². The minimum absolute atomic E-state index is 0.0459. The van der Waals surface area contributed by atoms with E-state index in [1.54, 1.807) is 31.4 Å². The summed E-state index contributed by atoms with van der Waals surface area (Å²) in [4.78, 5) is 24.1. The number of benzene rings is 1. The lowest BCUT2D eigenvalue weighted by atomic mass is 10.2. The standard InChI is InChI=1S/C13H17NO4/c1-3-14(9-8-12(15)16)13(17)10-4-6-11(18-2)7-5-10/h4-7H,3,8-9H2,1-2H3,(H,15,16). The molecule has 1 N–H and O–H groups in total. The van der Waals surface area contributed by atoms with Crippen molar-refractivity contribution in [1.82, 2.24) is 4.90 Å². The van der Waals surface area contributed by atoms with Gasteiger partial charge in [0.2, 0.25) is 0 Å². The number of rotatable bonds is 6. The van der Waals surface area contributed by atoms with E-state index in [2.05, 4.69) is 0 Å². The zero-order valence-corrected chi connectivity index (χ0v) is 10.5. The van der Waals surface area contributed by atoms with Crippen LogP contribution in [0, 0.1) is 0 Å². The Hall–Kier alpha value is -2.04. The number of amides is 1. The third-order valence-electron chi connectivity index (χ3n) is 2.60. The van der Waals surface area contributed by atoms with Crippen molar-refractivity contribution in [2.24, 2.45) is 0 Å². The molecule has 5 nitrogen and oxygen atoms in total. The second kappa shape index (κ2) is 6.64. The van der Waals surface area contributed by atoms with Crippen LogP contribution in [0.5, 0.6) is 5.75 Å². The molecule has 1 aromatic rings. The number of ether oxygens (including phenoxy) is 1. The van der Waals surface area contributed by atoms with Crippen molar-refractivity contribution in [3.05, 3.63) is 29.8 Å². The quantitative estimate of drug-likeness (QED) is 0.834. The van der Waals surface area contributed by atoms with Gasteiger partial charge in [0.15, 0.2) is 0 Å². The highest BCUT2D eigenvalue weighted by Crippen LogP contribution is 2.13. The number of carboxylic acid groups (broad SMARTS) is 1. The summed E-state index contributed by atoms with van der Waals surface area (Å²) >= 11 is 0. The summed E-state index contributed by atoms with van der Waals surface area (Å²) in [7, 11) is 1.56. The molecule has 0 radical (unpaired) electrons. The van der Waals surface area contributed by atoms with E-state index in [4.69, 9.17) is 9.84 Å². The highest BCUT2D eigenvalue weighted by Gasteiger charge is 2.14. The van der Waals surface area contributed by atoms with Crippen molar-refractivity contribution in [2.75, 3.05) is 20.2 Å². The fraction of sp³-hybridized carbons (Fsp3) is 0.385. The smallest absolute Gasteiger partial charge is 0.305 e. The van der Waals surface area contributed by atoms with Gasteiger partial charge in [-0.05, 0) is 31.2 Å². The summed E-state index contributed by atoms with van der Waals surface area (Å²) in [5, 5.41) is 8.62. The van der Waals surface area contributed by atoms with Crippen LogP contribution in [0.25, 0.3) is 0 Å². The number of nitrogens with zero attached hydrogens (tertiary/aromatic N) is 1. The third kappa shape index (κ3) is 3.76. The van der Waals surface area contributed by atoms with Gasteiger partial charge in [0.05, 0.1) is 13.5 Å². The second-order valence-corrected chi connectivity index (χ2v) is 3.76. The molecule has 5 heteroatoms. The largest absolute Gasteiger partial charge is 0.497 e. The molecule has 0 fully saturated rings. The van der Waals surface area contributed by atoms with E-state index >= 15 is 0 Å². The van der Waals surface area contributed by atoms with Gasteiger partial charge < -0.3 is 14.7 Å². The second-order valence-electron chi connectivity index (χ2n) is 3.76. The topological polar surface area (TPSA) is 66.8 Å². The first-order chi connectivity index (χ1) is 8.58. The highest BCUT2D eigenvalue weighted by molar-refractivity contribution is 5.94. The van der Waals surface area contributed by atoms with Crippen LogP contribution >= 0.6 is 0 Å². The molecule has 0 aliphatic carbocycles. The van der Waals surface area contributed by atoms with Crippen LogP contribution in [-0.2, 0) is 4.79 Å². The SMILES string of the molecule is CCN(CCC(=O)O)C(=O)c1ccc(OC)cc1. The van der Waals surface area contributed by atoms with Gasteiger partial charge in [0, 0.05) is 18.7 Å². The first kappa shape index (κ1) is 14.0. The number of hydrogen-bond acceptors (Lipinski definition) is 3. The number of carbonyl (C=O) groups is 2. The maximum absolute atomic E-state index is 12.1. The van der Waals surface area contributed by atoms with Gasteiger partial charge in [-0.1, -0.05) is 0 Å². The van der Waals surface area contributed by atoms with Crippen LogP contribution in [0.4, 0.5) is 0 Å². The molecule has 0 heterocycles. The maximum Gasteiger partial charge on any atom is 0.305 e. The molecular weight excluding hydrogens is 234 g/mol. The number of methoxy groups -OCH3 is 1. The Morgan fingerprint density at radius 1 is 1.28 bits per heavy atom. The molecule has 1 rings (SSSR count). The van der Waals surface area contributed by atoms with Gasteiger partial charge in [-0.2, -0.15) is 0 Å². The van der Waals surface area contributed by atoms with Crippen LogP contribution in [-0.4, -0.2) is 42.1 Å². The Kier molecular flexibility index (Phi) is 5.17. The first-order valence-corrected chi connectivity index (χ1v) is 5.73. The van der Waals surface area contributed by atoms with Crippen molar-refractivity contribution in [3.8, 4) is 5.75 Å². The number of carboxylic acids is 1. The summed E-state index contributed by atoms with van der Waals surface area (Å²) in [6.45, 7) is 2.53. The summed E-state index contributed by atoms with van der Waals surface area (Å²) < 4.78 is 5.01. The average molecular weight is 251 g/mol. The molecule has 0 aliphatic heterocycles. The van der Waals surface area contributed by atoms with E-state index in [-0.39, 0.29) is 18.9 Å². The Labute approximate surface area is 106 Å². The van der Waals surface area contributed by atoms with Gasteiger partial charge in [-0.3, -0.25) is 9.59 Å². The van der Waals surface area contributed by atoms with Crippen molar-refractivity contribution in [3.63, 3.8) is 0 Å². The van der Waals surface area contributed by atoms with Gasteiger partial charge >= 0.3 is 5.97 Å². The van der Waals surface area contributed by atoms with Crippen LogP contribution < -0.4 is 4.74 Å². The van der Waals surface area contributed by atoms with E-state index in [1.807, 2.05) is 6.92 Å².